The number of anilines is 1. The lowest BCUT2D eigenvalue weighted by Crippen LogP contribution is -2.21. The number of esters is 1. The number of halogens is 1. The zero-order valence-electron chi connectivity index (χ0n) is 18.1. The van der Waals surface area contributed by atoms with Crippen LogP contribution in [0.1, 0.15) is 33.2 Å². The van der Waals surface area contributed by atoms with Crippen LogP contribution < -0.4 is 14.8 Å². The standard InChI is InChI=1S/C25H22ClNO6/c1-16(28)17-7-5-8-20(12-17)27-24(29)15-33-25(30)18-10-11-22(23(13-18)31-2)32-14-19-6-3-4-9-21(19)26/h3-13H,14-15H2,1-2H3,(H,27,29). The number of ether oxygens (including phenoxy) is 3. The molecule has 3 rings (SSSR count). The molecule has 0 aliphatic rings. The van der Waals surface area contributed by atoms with Gasteiger partial charge in [0.05, 0.1) is 12.7 Å². The fourth-order valence-electron chi connectivity index (χ4n) is 2.91. The summed E-state index contributed by atoms with van der Waals surface area (Å²) in [5.74, 6) is -0.584. The van der Waals surface area contributed by atoms with Crippen LogP contribution in [0.25, 0.3) is 0 Å². The summed E-state index contributed by atoms with van der Waals surface area (Å²) >= 11 is 6.14. The molecule has 7 nitrogen and oxygen atoms in total. The summed E-state index contributed by atoms with van der Waals surface area (Å²) in [5.41, 5.74) is 1.91. The second-order valence-electron chi connectivity index (χ2n) is 7.01. The van der Waals surface area contributed by atoms with E-state index in [2.05, 4.69) is 5.32 Å². The van der Waals surface area contributed by atoms with Crippen LogP contribution in [0.5, 0.6) is 11.5 Å². The molecular weight excluding hydrogens is 446 g/mol. The minimum Gasteiger partial charge on any atom is -0.493 e. The van der Waals surface area contributed by atoms with Gasteiger partial charge in [-0.15, -0.1) is 0 Å². The van der Waals surface area contributed by atoms with Gasteiger partial charge >= 0.3 is 5.97 Å². The number of hydrogen-bond donors (Lipinski definition) is 1. The Kier molecular flexibility index (Phi) is 8.05. The molecule has 170 valence electrons. The number of nitrogens with one attached hydrogen (secondary N) is 1. The predicted molar refractivity (Wildman–Crippen MR) is 124 cm³/mol. The summed E-state index contributed by atoms with van der Waals surface area (Å²) < 4.78 is 16.2. The van der Waals surface area contributed by atoms with Gasteiger partial charge in [-0.1, -0.05) is 41.9 Å². The first-order valence-electron chi connectivity index (χ1n) is 9.99. The van der Waals surface area contributed by atoms with Gasteiger partial charge in [0.15, 0.2) is 23.9 Å². The maximum atomic E-state index is 12.4. The highest BCUT2D eigenvalue weighted by molar-refractivity contribution is 6.31. The van der Waals surface area contributed by atoms with Crippen LogP contribution >= 0.6 is 11.6 Å². The summed E-state index contributed by atoms with van der Waals surface area (Å²) in [6.07, 6.45) is 0. The van der Waals surface area contributed by atoms with Gasteiger partial charge in [0.1, 0.15) is 6.61 Å². The number of carbonyl (C=O) groups is 3. The Hall–Kier alpha value is -3.84. The molecule has 0 aliphatic carbocycles. The van der Waals surface area contributed by atoms with Crippen molar-refractivity contribution in [3.8, 4) is 11.5 Å². The van der Waals surface area contributed by atoms with E-state index in [0.717, 1.165) is 5.56 Å². The van der Waals surface area contributed by atoms with E-state index in [4.69, 9.17) is 25.8 Å². The minimum absolute atomic E-state index is 0.120. The molecule has 1 N–H and O–H groups in total. The number of rotatable bonds is 9. The van der Waals surface area contributed by atoms with E-state index in [1.54, 1.807) is 36.4 Å². The quantitative estimate of drug-likeness (QED) is 0.354. The normalized spacial score (nSPS) is 10.3. The highest BCUT2D eigenvalue weighted by Gasteiger charge is 2.15. The zero-order chi connectivity index (χ0) is 23.8. The third kappa shape index (κ3) is 6.57. The Morgan fingerprint density at radius 2 is 1.70 bits per heavy atom. The Bertz CT molecular complexity index is 1180. The number of methoxy groups -OCH3 is 1. The summed E-state index contributed by atoms with van der Waals surface area (Å²) in [7, 11) is 1.45. The van der Waals surface area contributed by atoms with E-state index in [0.29, 0.717) is 27.8 Å². The van der Waals surface area contributed by atoms with E-state index in [1.807, 2.05) is 18.2 Å². The van der Waals surface area contributed by atoms with Gasteiger partial charge < -0.3 is 19.5 Å². The first-order valence-corrected chi connectivity index (χ1v) is 10.4. The molecule has 0 aromatic heterocycles. The van der Waals surface area contributed by atoms with Gasteiger partial charge in [-0.25, -0.2) is 4.79 Å². The van der Waals surface area contributed by atoms with E-state index in [-0.39, 0.29) is 18.0 Å². The lowest BCUT2D eigenvalue weighted by molar-refractivity contribution is -0.119. The van der Waals surface area contributed by atoms with Crippen LogP contribution in [0.15, 0.2) is 66.7 Å². The fraction of sp³-hybridized carbons (Fsp3) is 0.160. The summed E-state index contributed by atoms with van der Waals surface area (Å²) in [5, 5.41) is 3.17. The molecule has 33 heavy (non-hydrogen) atoms. The minimum atomic E-state index is -0.696. The van der Waals surface area contributed by atoms with Crippen molar-refractivity contribution < 1.29 is 28.6 Å². The zero-order valence-corrected chi connectivity index (χ0v) is 18.8. The average Bonchev–Trinajstić information content (AvgIpc) is 2.82. The van der Waals surface area contributed by atoms with Crippen molar-refractivity contribution in [2.45, 2.75) is 13.5 Å². The molecular formula is C25H22ClNO6. The maximum absolute atomic E-state index is 12.4. The second kappa shape index (κ2) is 11.2. The molecule has 8 heteroatoms. The van der Waals surface area contributed by atoms with Crippen LogP contribution in [0.4, 0.5) is 5.69 Å². The molecule has 0 unspecified atom stereocenters. The predicted octanol–water partition coefficient (Wildman–Crippen LogP) is 4.93. The van der Waals surface area contributed by atoms with Crippen LogP contribution in [-0.4, -0.2) is 31.4 Å². The molecule has 0 bridgehead atoms. The molecule has 0 spiro atoms. The Morgan fingerprint density at radius 1 is 0.909 bits per heavy atom. The smallest absolute Gasteiger partial charge is 0.338 e. The molecule has 0 fully saturated rings. The van der Waals surface area contributed by atoms with Crippen molar-refractivity contribution in [3.63, 3.8) is 0 Å². The number of amides is 1. The number of carbonyl (C=O) groups excluding carboxylic acids is 3. The number of benzene rings is 3. The first-order chi connectivity index (χ1) is 15.9. The van der Waals surface area contributed by atoms with E-state index in [9.17, 15) is 14.4 Å². The largest absolute Gasteiger partial charge is 0.493 e. The van der Waals surface area contributed by atoms with Gasteiger partial charge in [0.25, 0.3) is 5.91 Å². The lowest BCUT2D eigenvalue weighted by atomic mass is 10.1. The van der Waals surface area contributed by atoms with E-state index >= 15 is 0 Å². The third-order valence-electron chi connectivity index (χ3n) is 4.63. The summed E-state index contributed by atoms with van der Waals surface area (Å²) in [4.78, 5) is 36.0. The molecule has 3 aromatic rings. The monoisotopic (exact) mass is 467 g/mol. The van der Waals surface area contributed by atoms with Crippen molar-refractivity contribution in [3.05, 3.63) is 88.4 Å². The lowest BCUT2D eigenvalue weighted by Gasteiger charge is -2.13. The van der Waals surface area contributed by atoms with Gasteiger partial charge in [-0.2, -0.15) is 0 Å². The Labute approximate surface area is 196 Å². The van der Waals surface area contributed by atoms with Gasteiger partial charge in [-0.05, 0) is 43.3 Å². The van der Waals surface area contributed by atoms with Gasteiger partial charge in [0, 0.05) is 21.8 Å². The molecule has 0 radical (unpaired) electrons. The van der Waals surface area contributed by atoms with Gasteiger partial charge in [-0.3, -0.25) is 9.59 Å². The number of ketones is 1. The number of hydrogen-bond acceptors (Lipinski definition) is 6. The van der Waals surface area contributed by atoms with E-state index in [1.165, 1.54) is 26.2 Å². The van der Waals surface area contributed by atoms with Crippen molar-refractivity contribution >= 4 is 34.9 Å². The summed E-state index contributed by atoms with van der Waals surface area (Å²) in [6, 6.07) is 18.4. The third-order valence-corrected chi connectivity index (χ3v) is 5.00. The Balaban J connectivity index is 1.58. The maximum Gasteiger partial charge on any atom is 0.338 e. The molecule has 0 atom stereocenters. The average molecular weight is 468 g/mol. The molecule has 0 saturated heterocycles. The molecule has 1 amide bonds. The highest BCUT2D eigenvalue weighted by Crippen LogP contribution is 2.30. The van der Waals surface area contributed by atoms with Crippen molar-refractivity contribution in [1.82, 2.24) is 0 Å². The van der Waals surface area contributed by atoms with Crippen LogP contribution in [0, 0.1) is 0 Å². The van der Waals surface area contributed by atoms with Gasteiger partial charge in [0.2, 0.25) is 0 Å². The molecule has 3 aromatic carbocycles. The topological polar surface area (TPSA) is 90.9 Å². The Morgan fingerprint density at radius 3 is 2.42 bits per heavy atom. The van der Waals surface area contributed by atoms with Crippen LogP contribution in [0.3, 0.4) is 0 Å². The fourth-order valence-corrected chi connectivity index (χ4v) is 3.10. The van der Waals surface area contributed by atoms with Crippen molar-refractivity contribution in [1.29, 1.82) is 0 Å². The molecule has 0 saturated carbocycles. The van der Waals surface area contributed by atoms with Crippen LogP contribution in [-0.2, 0) is 16.1 Å². The van der Waals surface area contributed by atoms with E-state index < -0.39 is 18.5 Å². The second-order valence-corrected chi connectivity index (χ2v) is 7.41. The van der Waals surface area contributed by atoms with Crippen molar-refractivity contribution in [2.24, 2.45) is 0 Å². The molecule has 0 heterocycles. The summed E-state index contributed by atoms with van der Waals surface area (Å²) in [6.45, 7) is 1.17. The SMILES string of the molecule is COc1cc(C(=O)OCC(=O)Nc2cccc(C(C)=O)c2)ccc1OCc1ccccc1Cl. The van der Waals surface area contributed by atoms with Crippen LogP contribution in [0.2, 0.25) is 5.02 Å². The van der Waals surface area contributed by atoms with Crippen molar-refractivity contribution in [2.75, 3.05) is 19.0 Å². The molecule has 0 aliphatic heterocycles. The number of Topliss-reactive ketones (excluding diaryl/α,β-unsaturated/α-hetero) is 1. The first kappa shape index (κ1) is 23.8. The highest BCUT2D eigenvalue weighted by atomic mass is 35.5.